The van der Waals surface area contributed by atoms with Gasteiger partial charge in [0.15, 0.2) is 0 Å². The van der Waals surface area contributed by atoms with Crippen LogP contribution < -0.4 is 4.72 Å². The zero-order valence-electron chi connectivity index (χ0n) is 9.58. The van der Waals surface area contributed by atoms with E-state index in [4.69, 9.17) is 0 Å². The van der Waals surface area contributed by atoms with Crippen LogP contribution in [0.4, 0.5) is 0 Å². The first-order valence-corrected chi connectivity index (χ1v) is 6.97. The second kappa shape index (κ2) is 3.85. The second-order valence-corrected chi connectivity index (χ2v) is 6.27. The first-order valence-electron chi connectivity index (χ1n) is 5.49. The van der Waals surface area contributed by atoms with Crippen molar-refractivity contribution in [2.45, 2.75) is 38.0 Å². The highest BCUT2D eigenvalue weighted by Crippen LogP contribution is 2.48. The molecule has 0 aromatic carbocycles. The molecule has 5 nitrogen and oxygen atoms in total. The van der Waals surface area contributed by atoms with Crippen molar-refractivity contribution >= 4 is 10.0 Å². The number of sulfonamides is 1. The van der Waals surface area contributed by atoms with Crippen LogP contribution in [-0.4, -0.2) is 25.2 Å². The lowest BCUT2D eigenvalue weighted by atomic mass is 10.1. The molecule has 90 valence electrons. The highest BCUT2D eigenvalue weighted by atomic mass is 32.2. The molecule has 1 saturated carbocycles. The third-order valence-corrected chi connectivity index (χ3v) is 4.93. The molecule has 6 heteroatoms. The molecular formula is C10H17N3O2S. The van der Waals surface area contributed by atoms with E-state index in [0.717, 1.165) is 19.3 Å². The van der Waals surface area contributed by atoms with Gasteiger partial charge in [0.05, 0.1) is 11.9 Å². The van der Waals surface area contributed by atoms with Gasteiger partial charge in [0.2, 0.25) is 10.0 Å². The van der Waals surface area contributed by atoms with E-state index in [2.05, 4.69) is 21.8 Å². The number of nitrogens with zero attached hydrogens (tertiary/aromatic N) is 1. The Morgan fingerprint density at radius 1 is 1.56 bits per heavy atom. The molecule has 0 spiro atoms. The van der Waals surface area contributed by atoms with Gasteiger partial charge in [-0.2, -0.15) is 5.10 Å². The SMILES string of the molecule is CCC1(CNS(=O)(=O)c2cn[nH]c2C)CC1. The molecule has 0 bridgehead atoms. The van der Waals surface area contributed by atoms with Crippen LogP contribution in [0.25, 0.3) is 0 Å². The Bertz CT molecular complexity index is 474. The molecule has 0 aliphatic heterocycles. The lowest BCUT2D eigenvalue weighted by molar-refractivity contribution is 0.475. The number of nitrogens with one attached hydrogen (secondary N) is 2. The summed E-state index contributed by atoms with van der Waals surface area (Å²) >= 11 is 0. The maximum atomic E-state index is 11.9. The lowest BCUT2D eigenvalue weighted by Gasteiger charge is -2.13. The quantitative estimate of drug-likeness (QED) is 0.815. The molecule has 0 radical (unpaired) electrons. The van der Waals surface area contributed by atoms with Gasteiger partial charge in [0.1, 0.15) is 4.90 Å². The van der Waals surface area contributed by atoms with Crippen molar-refractivity contribution < 1.29 is 8.42 Å². The molecule has 2 rings (SSSR count). The van der Waals surface area contributed by atoms with E-state index in [1.807, 2.05) is 0 Å². The van der Waals surface area contributed by atoms with Crippen molar-refractivity contribution in [2.75, 3.05) is 6.54 Å². The smallest absolute Gasteiger partial charge is 0.243 e. The summed E-state index contributed by atoms with van der Waals surface area (Å²) in [6, 6.07) is 0. The van der Waals surface area contributed by atoms with Crippen molar-refractivity contribution in [1.29, 1.82) is 0 Å². The minimum absolute atomic E-state index is 0.213. The Labute approximate surface area is 95.7 Å². The van der Waals surface area contributed by atoms with E-state index >= 15 is 0 Å². The van der Waals surface area contributed by atoms with Gasteiger partial charge < -0.3 is 0 Å². The Hall–Kier alpha value is -0.880. The standard InChI is InChI=1S/C10H17N3O2S/c1-3-10(4-5-10)7-12-16(14,15)9-6-11-13-8(9)2/h6,12H,3-5,7H2,1-2H3,(H,11,13). The van der Waals surface area contributed by atoms with E-state index in [1.165, 1.54) is 6.20 Å². The maximum Gasteiger partial charge on any atom is 0.243 e. The fourth-order valence-corrected chi connectivity index (χ4v) is 3.06. The maximum absolute atomic E-state index is 11.9. The van der Waals surface area contributed by atoms with Crippen molar-refractivity contribution in [3.05, 3.63) is 11.9 Å². The van der Waals surface area contributed by atoms with Crippen LogP contribution in [0.15, 0.2) is 11.1 Å². The summed E-state index contributed by atoms with van der Waals surface area (Å²) in [5.74, 6) is 0. The summed E-state index contributed by atoms with van der Waals surface area (Å²) in [4.78, 5) is 0.249. The van der Waals surface area contributed by atoms with Crippen molar-refractivity contribution in [3.8, 4) is 0 Å². The molecule has 16 heavy (non-hydrogen) atoms. The largest absolute Gasteiger partial charge is 0.281 e. The van der Waals surface area contributed by atoms with Crippen LogP contribution in [0.3, 0.4) is 0 Å². The van der Waals surface area contributed by atoms with Gasteiger partial charge in [-0.1, -0.05) is 6.92 Å². The monoisotopic (exact) mass is 243 g/mol. The van der Waals surface area contributed by atoms with Gasteiger partial charge in [-0.05, 0) is 31.6 Å². The Morgan fingerprint density at radius 2 is 2.25 bits per heavy atom. The van der Waals surface area contributed by atoms with Gasteiger partial charge in [0.25, 0.3) is 0 Å². The van der Waals surface area contributed by atoms with E-state index < -0.39 is 10.0 Å². The van der Waals surface area contributed by atoms with Crippen LogP contribution in [0.2, 0.25) is 0 Å². The average Bonchev–Trinajstić information content (AvgIpc) is 2.91. The number of aryl methyl sites for hydroxylation is 1. The van der Waals surface area contributed by atoms with Crippen molar-refractivity contribution in [2.24, 2.45) is 5.41 Å². The normalized spacial score (nSPS) is 18.6. The summed E-state index contributed by atoms with van der Waals surface area (Å²) in [7, 11) is -3.39. The molecule has 1 aliphatic rings. The molecule has 1 fully saturated rings. The number of H-pyrrole nitrogens is 1. The highest BCUT2D eigenvalue weighted by molar-refractivity contribution is 7.89. The molecule has 2 N–H and O–H groups in total. The van der Waals surface area contributed by atoms with Gasteiger partial charge >= 0.3 is 0 Å². The average molecular weight is 243 g/mol. The van der Waals surface area contributed by atoms with Crippen molar-refractivity contribution in [3.63, 3.8) is 0 Å². The summed E-state index contributed by atoms with van der Waals surface area (Å²) < 4.78 is 26.5. The minimum atomic E-state index is -3.39. The van der Waals surface area contributed by atoms with E-state index in [9.17, 15) is 8.42 Å². The second-order valence-electron chi connectivity index (χ2n) is 4.54. The first-order chi connectivity index (χ1) is 7.49. The number of aromatic nitrogens is 2. The molecule has 1 heterocycles. The first kappa shape index (κ1) is 11.6. The predicted molar refractivity (Wildman–Crippen MR) is 60.5 cm³/mol. The van der Waals surface area contributed by atoms with Gasteiger partial charge in [-0.25, -0.2) is 13.1 Å². The molecular weight excluding hydrogens is 226 g/mol. The van der Waals surface area contributed by atoms with E-state index in [-0.39, 0.29) is 10.3 Å². The third kappa shape index (κ3) is 2.12. The van der Waals surface area contributed by atoms with Gasteiger partial charge in [-0.15, -0.1) is 0 Å². The van der Waals surface area contributed by atoms with E-state index in [1.54, 1.807) is 6.92 Å². The fraction of sp³-hybridized carbons (Fsp3) is 0.700. The number of hydrogen-bond acceptors (Lipinski definition) is 3. The fourth-order valence-electron chi connectivity index (χ4n) is 1.77. The summed E-state index contributed by atoms with van der Waals surface area (Å²) in [5.41, 5.74) is 0.791. The van der Waals surface area contributed by atoms with Crippen LogP contribution in [0, 0.1) is 12.3 Å². The van der Waals surface area contributed by atoms with Crippen LogP contribution >= 0.6 is 0 Å². The molecule has 1 aromatic rings. The van der Waals surface area contributed by atoms with Gasteiger partial charge in [0, 0.05) is 6.54 Å². The van der Waals surface area contributed by atoms with Gasteiger partial charge in [-0.3, -0.25) is 5.10 Å². The topological polar surface area (TPSA) is 74.8 Å². The Kier molecular flexibility index (Phi) is 2.79. The molecule has 1 aromatic heterocycles. The predicted octanol–water partition coefficient (Wildman–Crippen LogP) is 1.19. The summed E-state index contributed by atoms with van der Waals surface area (Å²) in [6.07, 6.45) is 4.62. The number of aromatic amines is 1. The zero-order valence-corrected chi connectivity index (χ0v) is 10.4. The highest BCUT2D eigenvalue weighted by Gasteiger charge is 2.41. The molecule has 1 aliphatic carbocycles. The lowest BCUT2D eigenvalue weighted by Crippen LogP contribution is -2.30. The van der Waals surface area contributed by atoms with Crippen molar-refractivity contribution in [1.82, 2.24) is 14.9 Å². The van der Waals surface area contributed by atoms with Crippen LogP contribution in [-0.2, 0) is 10.0 Å². The van der Waals surface area contributed by atoms with E-state index in [0.29, 0.717) is 12.2 Å². The van der Waals surface area contributed by atoms with Crippen LogP contribution in [0.5, 0.6) is 0 Å². The Balaban J connectivity index is 2.07. The molecule has 0 unspecified atom stereocenters. The molecule has 0 amide bonds. The third-order valence-electron chi connectivity index (χ3n) is 3.42. The van der Waals surface area contributed by atoms with Crippen LogP contribution in [0.1, 0.15) is 31.9 Å². The summed E-state index contributed by atoms with van der Waals surface area (Å²) in [5, 5.41) is 6.36. The zero-order chi connectivity index (χ0) is 11.8. The summed E-state index contributed by atoms with van der Waals surface area (Å²) in [6.45, 7) is 4.34. The molecule has 0 atom stereocenters. The Morgan fingerprint density at radius 3 is 2.69 bits per heavy atom. The number of rotatable bonds is 5. The number of hydrogen-bond donors (Lipinski definition) is 2. The minimum Gasteiger partial charge on any atom is -0.281 e. The molecule has 0 saturated heterocycles.